The average Bonchev–Trinajstić information content (AvgIpc) is 2.25. The zero-order chi connectivity index (χ0) is 14.0. The molecule has 1 aliphatic rings. The van der Waals surface area contributed by atoms with Crippen molar-refractivity contribution in [3.63, 3.8) is 0 Å². The third-order valence-corrected chi connectivity index (χ3v) is 4.10. The molecule has 3 N–H and O–H groups in total. The van der Waals surface area contributed by atoms with Crippen LogP contribution in [0.3, 0.4) is 0 Å². The number of hydrogen-bond donors (Lipinski definition) is 2. The van der Waals surface area contributed by atoms with Gasteiger partial charge in [0.05, 0.1) is 5.84 Å². The van der Waals surface area contributed by atoms with Crippen LogP contribution in [0.2, 0.25) is 0 Å². The molecule has 0 aromatic rings. The van der Waals surface area contributed by atoms with Gasteiger partial charge in [-0.25, -0.2) is 0 Å². The van der Waals surface area contributed by atoms with Crippen molar-refractivity contribution >= 4 is 5.84 Å². The summed E-state index contributed by atoms with van der Waals surface area (Å²) in [6.07, 6.45) is 0.970. The predicted octanol–water partition coefficient (Wildman–Crippen LogP) is 1.75. The summed E-state index contributed by atoms with van der Waals surface area (Å²) >= 11 is 0. The lowest BCUT2D eigenvalue weighted by molar-refractivity contribution is 0.0592. The number of amidine groups is 1. The van der Waals surface area contributed by atoms with Crippen molar-refractivity contribution in [2.75, 3.05) is 32.7 Å². The maximum absolute atomic E-state index is 7.58. The largest absolute Gasteiger partial charge is 0.387 e. The van der Waals surface area contributed by atoms with Gasteiger partial charge in [0.1, 0.15) is 0 Å². The van der Waals surface area contributed by atoms with Gasteiger partial charge in [0.25, 0.3) is 0 Å². The van der Waals surface area contributed by atoms with Crippen molar-refractivity contribution < 1.29 is 0 Å². The Hall–Kier alpha value is -0.610. The molecule has 0 aromatic heterocycles. The van der Waals surface area contributed by atoms with E-state index in [2.05, 4.69) is 44.4 Å². The Morgan fingerprint density at radius 1 is 1.06 bits per heavy atom. The van der Waals surface area contributed by atoms with Gasteiger partial charge in [-0.15, -0.1) is 0 Å². The molecule has 1 fully saturated rings. The molecule has 1 saturated heterocycles. The molecule has 0 saturated carbocycles. The Morgan fingerprint density at radius 3 is 1.94 bits per heavy atom. The molecule has 4 heteroatoms. The molecule has 0 radical (unpaired) electrons. The van der Waals surface area contributed by atoms with Crippen LogP contribution in [0.15, 0.2) is 0 Å². The Kier molecular flexibility index (Phi) is 4.78. The van der Waals surface area contributed by atoms with Gasteiger partial charge in [-0.2, -0.15) is 0 Å². The number of nitrogens with one attached hydrogen (secondary N) is 1. The summed E-state index contributed by atoms with van der Waals surface area (Å²) in [4.78, 5) is 5.03. The van der Waals surface area contributed by atoms with Crippen LogP contribution in [0, 0.1) is 10.8 Å². The van der Waals surface area contributed by atoms with Crippen molar-refractivity contribution in [1.29, 1.82) is 5.41 Å². The predicted molar refractivity (Wildman–Crippen MR) is 78.1 cm³/mol. The van der Waals surface area contributed by atoms with Crippen LogP contribution >= 0.6 is 0 Å². The van der Waals surface area contributed by atoms with Gasteiger partial charge in [0, 0.05) is 37.1 Å². The summed E-state index contributed by atoms with van der Waals surface area (Å²) in [6.45, 7) is 16.5. The highest BCUT2D eigenvalue weighted by molar-refractivity contribution is 5.82. The topological polar surface area (TPSA) is 56.4 Å². The van der Waals surface area contributed by atoms with Crippen LogP contribution in [0.1, 0.15) is 41.0 Å². The van der Waals surface area contributed by atoms with E-state index in [4.69, 9.17) is 11.1 Å². The third kappa shape index (κ3) is 4.25. The van der Waals surface area contributed by atoms with Crippen molar-refractivity contribution in [2.24, 2.45) is 11.1 Å². The summed E-state index contributed by atoms with van der Waals surface area (Å²) in [5, 5.41) is 7.58. The van der Waals surface area contributed by atoms with Gasteiger partial charge in [0.2, 0.25) is 0 Å². The molecule has 4 nitrogen and oxygen atoms in total. The second kappa shape index (κ2) is 5.57. The van der Waals surface area contributed by atoms with Gasteiger partial charge in [-0.3, -0.25) is 10.3 Å². The number of hydrogen-bond acceptors (Lipinski definition) is 3. The SMILES string of the molecule is CC(C)(CCN1CCN(C(C)(C)C)CC1)C(=N)N. The van der Waals surface area contributed by atoms with Gasteiger partial charge < -0.3 is 10.6 Å². The molecule has 0 aromatic carbocycles. The first-order valence-electron chi connectivity index (χ1n) is 6.95. The number of rotatable bonds is 4. The minimum atomic E-state index is -0.166. The first-order chi connectivity index (χ1) is 8.13. The molecule has 1 heterocycles. The normalized spacial score (nSPS) is 20.1. The van der Waals surface area contributed by atoms with E-state index in [0.717, 1.165) is 39.1 Å². The van der Waals surface area contributed by atoms with Crippen molar-refractivity contribution in [3.8, 4) is 0 Å². The van der Waals surface area contributed by atoms with Gasteiger partial charge in [-0.1, -0.05) is 13.8 Å². The first-order valence-corrected chi connectivity index (χ1v) is 6.95. The van der Waals surface area contributed by atoms with Crippen LogP contribution in [0.4, 0.5) is 0 Å². The molecular weight excluding hydrogens is 224 g/mol. The summed E-state index contributed by atoms with van der Waals surface area (Å²) < 4.78 is 0. The number of nitrogens with zero attached hydrogens (tertiary/aromatic N) is 2. The zero-order valence-corrected chi connectivity index (χ0v) is 12.7. The second-order valence-electron chi connectivity index (χ2n) is 7.05. The fraction of sp³-hybridized carbons (Fsp3) is 0.929. The molecule has 1 aliphatic heterocycles. The molecule has 0 amide bonds. The molecule has 0 atom stereocenters. The molecule has 106 valence electrons. The van der Waals surface area contributed by atoms with Crippen LogP contribution in [-0.4, -0.2) is 53.9 Å². The lowest BCUT2D eigenvalue weighted by atomic mass is 9.88. The lowest BCUT2D eigenvalue weighted by Gasteiger charge is -2.42. The Morgan fingerprint density at radius 2 is 1.56 bits per heavy atom. The van der Waals surface area contributed by atoms with Gasteiger partial charge in [-0.05, 0) is 33.7 Å². The highest BCUT2D eigenvalue weighted by Crippen LogP contribution is 2.21. The maximum atomic E-state index is 7.58. The Bertz CT molecular complexity index is 283. The molecule has 18 heavy (non-hydrogen) atoms. The van der Waals surface area contributed by atoms with Crippen LogP contribution in [0.25, 0.3) is 0 Å². The third-order valence-electron chi connectivity index (χ3n) is 4.10. The van der Waals surface area contributed by atoms with Crippen LogP contribution in [0.5, 0.6) is 0 Å². The van der Waals surface area contributed by atoms with Crippen LogP contribution in [-0.2, 0) is 0 Å². The number of piperazine rings is 1. The van der Waals surface area contributed by atoms with E-state index in [1.54, 1.807) is 0 Å². The van der Waals surface area contributed by atoms with E-state index in [1.165, 1.54) is 0 Å². The second-order valence-corrected chi connectivity index (χ2v) is 7.05. The fourth-order valence-corrected chi connectivity index (χ4v) is 2.21. The quantitative estimate of drug-likeness (QED) is 0.594. The highest BCUT2D eigenvalue weighted by Gasteiger charge is 2.27. The van der Waals surface area contributed by atoms with Gasteiger partial charge >= 0.3 is 0 Å². The van der Waals surface area contributed by atoms with Crippen molar-refractivity contribution in [2.45, 2.75) is 46.6 Å². The van der Waals surface area contributed by atoms with E-state index in [1.807, 2.05) is 0 Å². The smallest absolute Gasteiger partial charge is 0.0963 e. The summed E-state index contributed by atoms with van der Waals surface area (Å²) in [7, 11) is 0. The van der Waals surface area contributed by atoms with E-state index < -0.39 is 0 Å². The Labute approximate surface area is 112 Å². The van der Waals surface area contributed by atoms with Crippen molar-refractivity contribution in [1.82, 2.24) is 9.80 Å². The monoisotopic (exact) mass is 254 g/mol. The van der Waals surface area contributed by atoms with Crippen molar-refractivity contribution in [3.05, 3.63) is 0 Å². The Balaban J connectivity index is 2.35. The molecule has 0 bridgehead atoms. The van der Waals surface area contributed by atoms with E-state index >= 15 is 0 Å². The summed E-state index contributed by atoms with van der Waals surface area (Å²) in [6, 6.07) is 0. The molecule has 1 rings (SSSR count). The minimum Gasteiger partial charge on any atom is -0.387 e. The average molecular weight is 254 g/mol. The lowest BCUT2D eigenvalue weighted by Crippen LogP contribution is -2.53. The maximum Gasteiger partial charge on any atom is 0.0963 e. The van der Waals surface area contributed by atoms with E-state index in [9.17, 15) is 0 Å². The molecular formula is C14H30N4. The minimum absolute atomic E-state index is 0.166. The standard InChI is InChI=1S/C14H30N4/c1-13(2,3)18-10-8-17(9-11-18)7-6-14(4,5)12(15)16/h6-11H2,1-5H3,(H3,15,16). The molecule has 0 spiro atoms. The molecule has 0 unspecified atom stereocenters. The summed E-state index contributed by atoms with van der Waals surface area (Å²) in [5.74, 6) is 0.302. The fourth-order valence-electron chi connectivity index (χ4n) is 2.21. The van der Waals surface area contributed by atoms with Crippen LogP contribution < -0.4 is 5.73 Å². The van der Waals surface area contributed by atoms with E-state index in [0.29, 0.717) is 5.84 Å². The van der Waals surface area contributed by atoms with E-state index in [-0.39, 0.29) is 11.0 Å². The number of nitrogens with two attached hydrogens (primary N) is 1. The first kappa shape index (κ1) is 15.4. The highest BCUT2D eigenvalue weighted by atomic mass is 15.3. The van der Waals surface area contributed by atoms with Gasteiger partial charge in [0.15, 0.2) is 0 Å². The molecule has 0 aliphatic carbocycles. The zero-order valence-electron chi connectivity index (χ0n) is 12.7. The summed E-state index contributed by atoms with van der Waals surface area (Å²) in [5.41, 5.74) is 5.74.